The van der Waals surface area contributed by atoms with Crippen molar-refractivity contribution in [2.45, 2.75) is 78.4 Å². The third kappa shape index (κ3) is 9.90. The minimum atomic E-state index is -1.04. The van der Waals surface area contributed by atoms with Gasteiger partial charge in [0.05, 0.1) is 48.5 Å². The van der Waals surface area contributed by atoms with Crippen LogP contribution in [0.3, 0.4) is 0 Å². The second-order valence-corrected chi connectivity index (χ2v) is 15.7. The quantitative estimate of drug-likeness (QED) is 0.0877. The van der Waals surface area contributed by atoms with Crippen LogP contribution in [-0.2, 0) is 25.5 Å². The van der Waals surface area contributed by atoms with Gasteiger partial charge in [-0.3, -0.25) is 19.3 Å². The molecule has 2 heterocycles. The lowest BCUT2D eigenvalue weighted by Crippen LogP contribution is -2.47. The molecule has 14 nitrogen and oxygen atoms in total. The van der Waals surface area contributed by atoms with Gasteiger partial charge in [0.15, 0.2) is 11.5 Å². The van der Waals surface area contributed by atoms with E-state index < -0.39 is 35.4 Å². The summed E-state index contributed by atoms with van der Waals surface area (Å²) in [6.07, 6.45) is 2.15. The molecule has 0 aromatic heterocycles. The molecule has 1 saturated heterocycles. The number of piperazine rings is 1. The maximum atomic E-state index is 14.3. The van der Waals surface area contributed by atoms with Crippen LogP contribution < -0.4 is 25.0 Å². The molecule has 1 atom stereocenters. The van der Waals surface area contributed by atoms with Crippen LogP contribution in [0.2, 0.25) is 0 Å². The Kier molecular flexibility index (Phi) is 14.1. The van der Waals surface area contributed by atoms with E-state index in [1.165, 1.54) is 29.0 Å². The zero-order valence-corrected chi connectivity index (χ0v) is 35.0. The summed E-state index contributed by atoms with van der Waals surface area (Å²) in [4.78, 5) is 74.4. The van der Waals surface area contributed by atoms with Gasteiger partial charge >= 0.3 is 12.1 Å². The average Bonchev–Trinajstić information content (AvgIpc) is 3.58. The van der Waals surface area contributed by atoms with Crippen LogP contribution in [0.1, 0.15) is 90.8 Å². The number of hydrogen-bond donors (Lipinski definition) is 1. The molecule has 0 saturated carbocycles. The van der Waals surface area contributed by atoms with Crippen LogP contribution in [-0.4, -0.2) is 112 Å². The number of ketones is 1. The van der Waals surface area contributed by atoms with Crippen molar-refractivity contribution in [2.75, 3.05) is 76.1 Å². The number of benzene rings is 3. The van der Waals surface area contributed by atoms with Crippen molar-refractivity contribution in [3.63, 3.8) is 0 Å². The van der Waals surface area contributed by atoms with Crippen molar-refractivity contribution in [2.24, 2.45) is 0 Å². The number of carbonyl (C=O) groups is 5. The lowest BCUT2D eigenvalue weighted by atomic mass is 9.94. The molecule has 2 aliphatic heterocycles. The first kappa shape index (κ1) is 43.5. The lowest BCUT2D eigenvalue weighted by molar-refractivity contribution is -0.144. The Labute approximate surface area is 341 Å². The molecule has 5 rings (SSSR count). The SMILES string of the molecule is CCOC(=O)C1Cc2c(C(=O)c3ccc(C(=O)N(C)c4ccc(C)cc4OCCCCCC(=O)N4CCN(C)CC4)c(N)c3OC)cccc2N1C(=O)OC(C)(C)C. The van der Waals surface area contributed by atoms with Gasteiger partial charge in [-0.1, -0.05) is 18.2 Å². The first-order chi connectivity index (χ1) is 27.6. The van der Waals surface area contributed by atoms with Crippen molar-refractivity contribution in [1.82, 2.24) is 9.80 Å². The van der Waals surface area contributed by atoms with Crippen molar-refractivity contribution in [3.05, 3.63) is 76.3 Å². The van der Waals surface area contributed by atoms with E-state index in [-0.39, 0.29) is 47.1 Å². The van der Waals surface area contributed by atoms with Gasteiger partial charge < -0.3 is 39.4 Å². The first-order valence-electron chi connectivity index (χ1n) is 19.9. The monoisotopic (exact) mass is 799 g/mol. The summed E-state index contributed by atoms with van der Waals surface area (Å²) in [7, 11) is 5.06. The van der Waals surface area contributed by atoms with Crippen LogP contribution >= 0.6 is 0 Å². The third-order valence-corrected chi connectivity index (χ3v) is 10.3. The molecular formula is C44H57N5O9. The standard InChI is InChI=1S/C44H57N5O9/c1-9-56-42(53)35-27-32-29(14-13-15-33(32)49(35)43(54)58-44(3,4)5)39(51)31-19-18-30(38(45)40(31)55-8)41(52)47(7)34-20-17-28(2)26-36(34)57-25-12-10-11-16-37(50)48-23-21-46(6)22-24-48/h13-15,17-20,26,35H,9-12,16,21-25,27,45H2,1-8H3. The lowest BCUT2D eigenvalue weighted by Gasteiger charge is -2.32. The van der Waals surface area contributed by atoms with Crippen molar-refractivity contribution >= 4 is 46.7 Å². The number of hydrogen-bond acceptors (Lipinski definition) is 11. The molecule has 312 valence electrons. The summed E-state index contributed by atoms with van der Waals surface area (Å²) in [5.41, 5.74) is 8.48. The predicted octanol–water partition coefficient (Wildman–Crippen LogP) is 6.04. The van der Waals surface area contributed by atoms with Crippen LogP contribution in [0.4, 0.5) is 21.9 Å². The average molecular weight is 800 g/mol. The molecule has 1 unspecified atom stereocenters. The molecule has 3 aromatic carbocycles. The summed E-state index contributed by atoms with van der Waals surface area (Å²) < 4.78 is 22.8. The number of amides is 3. The fraction of sp³-hybridized carbons (Fsp3) is 0.477. The first-order valence-corrected chi connectivity index (χ1v) is 19.9. The van der Waals surface area contributed by atoms with E-state index in [0.717, 1.165) is 51.0 Å². The van der Waals surface area contributed by atoms with Gasteiger partial charge in [0.2, 0.25) is 5.91 Å². The second kappa shape index (κ2) is 18.8. The van der Waals surface area contributed by atoms with Crippen molar-refractivity contribution in [1.29, 1.82) is 0 Å². The largest absolute Gasteiger partial charge is 0.494 e. The van der Waals surface area contributed by atoms with E-state index in [9.17, 15) is 24.0 Å². The number of nitrogen functional groups attached to an aromatic ring is 1. The molecule has 3 amide bonds. The van der Waals surface area contributed by atoms with Gasteiger partial charge in [-0.25, -0.2) is 9.59 Å². The summed E-state index contributed by atoms with van der Waals surface area (Å²) in [6, 6.07) is 12.4. The number of nitrogens with zero attached hydrogens (tertiary/aromatic N) is 4. The fourth-order valence-electron chi connectivity index (χ4n) is 7.23. The van der Waals surface area contributed by atoms with Crippen LogP contribution in [0.15, 0.2) is 48.5 Å². The van der Waals surface area contributed by atoms with Gasteiger partial charge in [0.25, 0.3) is 5.91 Å². The number of nitrogens with two attached hydrogens (primary N) is 1. The van der Waals surface area contributed by atoms with Crippen LogP contribution in [0.5, 0.6) is 11.5 Å². The molecule has 14 heteroatoms. The number of anilines is 3. The van der Waals surface area contributed by atoms with Gasteiger partial charge in [-0.2, -0.15) is 0 Å². The van der Waals surface area contributed by atoms with E-state index in [1.54, 1.807) is 52.9 Å². The number of ether oxygens (including phenoxy) is 4. The Bertz CT molecular complexity index is 2020. The maximum absolute atomic E-state index is 14.3. The zero-order chi connectivity index (χ0) is 42.3. The van der Waals surface area contributed by atoms with Crippen molar-refractivity contribution < 1.29 is 42.9 Å². The number of carbonyl (C=O) groups excluding carboxylic acids is 5. The van der Waals surface area contributed by atoms with E-state index >= 15 is 0 Å². The number of esters is 1. The number of unbranched alkanes of at least 4 members (excludes halogenated alkanes) is 2. The molecule has 2 aliphatic rings. The highest BCUT2D eigenvalue weighted by Gasteiger charge is 2.43. The summed E-state index contributed by atoms with van der Waals surface area (Å²) in [5.74, 6) is -0.804. The van der Waals surface area contributed by atoms with Gasteiger partial charge in [-0.15, -0.1) is 0 Å². The molecule has 1 fully saturated rings. The van der Waals surface area contributed by atoms with Crippen LogP contribution in [0, 0.1) is 6.92 Å². The van der Waals surface area contributed by atoms with E-state index in [0.29, 0.717) is 35.7 Å². The summed E-state index contributed by atoms with van der Waals surface area (Å²) >= 11 is 0. The molecular weight excluding hydrogens is 743 g/mol. The van der Waals surface area contributed by atoms with Crippen LogP contribution in [0.25, 0.3) is 0 Å². The molecule has 3 aromatic rings. The van der Waals surface area contributed by atoms with E-state index in [4.69, 9.17) is 24.7 Å². The Morgan fingerprint density at radius 3 is 2.29 bits per heavy atom. The number of fused-ring (bicyclic) bond motifs is 1. The minimum Gasteiger partial charge on any atom is -0.494 e. The highest BCUT2D eigenvalue weighted by atomic mass is 16.6. The third-order valence-electron chi connectivity index (χ3n) is 10.3. The van der Waals surface area contributed by atoms with E-state index in [1.807, 2.05) is 30.0 Å². The smallest absolute Gasteiger partial charge is 0.415 e. The molecule has 58 heavy (non-hydrogen) atoms. The Morgan fingerprint density at radius 1 is 0.914 bits per heavy atom. The Morgan fingerprint density at radius 2 is 1.62 bits per heavy atom. The molecule has 2 N–H and O–H groups in total. The highest BCUT2D eigenvalue weighted by molar-refractivity contribution is 6.17. The fourth-order valence-corrected chi connectivity index (χ4v) is 7.23. The number of aryl methyl sites for hydroxylation is 1. The summed E-state index contributed by atoms with van der Waals surface area (Å²) in [5, 5.41) is 0. The van der Waals surface area contributed by atoms with Gasteiger partial charge in [0, 0.05) is 51.6 Å². The highest BCUT2D eigenvalue weighted by Crippen LogP contribution is 2.40. The van der Waals surface area contributed by atoms with E-state index in [2.05, 4.69) is 11.9 Å². The maximum Gasteiger partial charge on any atom is 0.415 e. The number of likely N-dealkylation sites (N-methyl/N-ethyl adjacent to an activating group) is 1. The number of rotatable bonds is 14. The second-order valence-electron chi connectivity index (χ2n) is 15.7. The minimum absolute atomic E-state index is 0.0114. The summed E-state index contributed by atoms with van der Waals surface area (Å²) in [6.45, 7) is 12.6. The topological polar surface area (TPSA) is 161 Å². The number of methoxy groups -OCH3 is 1. The van der Waals surface area contributed by atoms with Crippen molar-refractivity contribution in [3.8, 4) is 11.5 Å². The van der Waals surface area contributed by atoms with Gasteiger partial charge in [-0.05, 0) is 102 Å². The Hall–Kier alpha value is -5.63. The molecule has 0 radical (unpaired) electrons. The Balaban J connectivity index is 1.32. The zero-order valence-electron chi connectivity index (χ0n) is 35.0. The van der Waals surface area contributed by atoms with Gasteiger partial charge in [0.1, 0.15) is 17.4 Å². The molecule has 0 bridgehead atoms. The normalized spacial score (nSPS) is 15.4. The molecule has 0 spiro atoms. The molecule has 0 aliphatic carbocycles. The predicted molar refractivity (Wildman–Crippen MR) is 222 cm³/mol.